The Morgan fingerprint density at radius 1 is 0.935 bits per heavy atom. The second-order valence-electron chi connectivity index (χ2n) is 11.3. The molecule has 0 bridgehead atoms. The summed E-state index contributed by atoms with van der Waals surface area (Å²) < 4.78 is 31.4. The number of ketones is 1. The topological polar surface area (TPSA) is 60.4 Å². The Labute approximate surface area is 187 Å². The molecule has 0 aromatic heterocycles. The zero-order valence-corrected chi connectivity index (χ0v) is 19.9. The van der Waals surface area contributed by atoms with Crippen LogP contribution in [-0.4, -0.2) is 20.3 Å². The van der Waals surface area contributed by atoms with Gasteiger partial charge in [0.05, 0.1) is 11.0 Å². The van der Waals surface area contributed by atoms with E-state index in [0.29, 0.717) is 29.5 Å². The van der Waals surface area contributed by atoms with Gasteiger partial charge in [0, 0.05) is 11.8 Å². The summed E-state index contributed by atoms with van der Waals surface area (Å²) >= 11 is 0. The van der Waals surface area contributed by atoms with Crippen molar-refractivity contribution in [3.63, 3.8) is 0 Å². The second-order valence-corrected chi connectivity index (χ2v) is 12.9. The number of carbonyl (C=O) groups is 1. The molecule has 4 aliphatic rings. The first-order valence-electron chi connectivity index (χ1n) is 12.2. The maximum Gasteiger partial charge on any atom is 0.297 e. The van der Waals surface area contributed by atoms with Crippen molar-refractivity contribution >= 4 is 15.9 Å². The van der Waals surface area contributed by atoms with Crippen LogP contribution < -0.4 is 0 Å². The highest BCUT2D eigenvalue weighted by Gasteiger charge is 2.60. The van der Waals surface area contributed by atoms with Crippen LogP contribution >= 0.6 is 0 Å². The van der Waals surface area contributed by atoms with Crippen molar-refractivity contribution in [3.05, 3.63) is 29.8 Å². The molecule has 0 heterocycles. The van der Waals surface area contributed by atoms with Gasteiger partial charge in [-0.1, -0.05) is 31.5 Å². The lowest BCUT2D eigenvalue weighted by Crippen LogP contribution is -2.54. The lowest BCUT2D eigenvalue weighted by molar-refractivity contribution is -0.141. The number of Topliss-reactive ketones (excluding diaryl/α,β-unsaturated/α-hetero) is 1. The summed E-state index contributed by atoms with van der Waals surface area (Å²) in [5.74, 6) is 2.92. The van der Waals surface area contributed by atoms with Crippen LogP contribution in [0.5, 0.6) is 0 Å². The maximum absolute atomic E-state index is 12.8. The van der Waals surface area contributed by atoms with Gasteiger partial charge in [-0.2, -0.15) is 8.42 Å². The van der Waals surface area contributed by atoms with Gasteiger partial charge < -0.3 is 0 Å². The highest BCUT2D eigenvalue weighted by molar-refractivity contribution is 7.86. The molecule has 0 spiro atoms. The molecule has 4 aliphatic carbocycles. The van der Waals surface area contributed by atoms with Crippen LogP contribution in [0.25, 0.3) is 0 Å². The number of benzene rings is 1. The van der Waals surface area contributed by atoms with E-state index in [9.17, 15) is 13.2 Å². The number of hydrogen-bond acceptors (Lipinski definition) is 4. The molecule has 5 heteroatoms. The molecular formula is C26H36O4S. The van der Waals surface area contributed by atoms with Crippen LogP contribution in [0.15, 0.2) is 29.2 Å². The quantitative estimate of drug-likeness (QED) is 0.563. The van der Waals surface area contributed by atoms with Crippen molar-refractivity contribution in [3.8, 4) is 0 Å². The number of rotatable bonds is 3. The molecule has 4 saturated carbocycles. The van der Waals surface area contributed by atoms with Crippen molar-refractivity contribution in [2.24, 2.45) is 34.5 Å². The third kappa shape index (κ3) is 3.42. The second kappa shape index (κ2) is 7.41. The fourth-order valence-electron chi connectivity index (χ4n) is 8.02. The number of hydrogen-bond donors (Lipinski definition) is 0. The van der Waals surface area contributed by atoms with E-state index >= 15 is 0 Å². The van der Waals surface area contributed by atoms with Crippen LogP contribution in [0.3, 0.4) is 0 Å². The summed E-state index contributed by atoms with van der Waals surface area (Å²) in [5.41, 5.74) is 1.22. The molecule has 0 amide bonds. The third-order valence-corrected chi connectivity index (χ3v) is 11.3. The lowest BCUT2D eigenvalue weighted by Gasteiger charge is -2.60. The highest BCUT2D eigenvalue weighted by atomic mass is 32.2. The fraction of sp³-hybridized carbons (Fsp3) is 0.731. The Balaban J connectivity index is 1.30. The van der Waals surface area contributed by atoms with Gasteiger partial charge >= 0.3 is 0 Å². The number of carbonyl (C=O) groups excluding carboxylic acids is 1. The summed E-state index contributed by atoms with van der Waals surface area (Å²) in [6.45, 7) is 6.64. The summed E-state index contributed by atoms with van der Waals surface area (Å²) in [4.78, 5) is 12.9. The van der Waals surface area contributed by atoms with Gasteiger partial charge in [-0.3, -0.25) is 8.98 Å². The Morgan fingerprint density at radius 2 is 1.68 bits per heavy atom. The number of aryl methyl sites for hydroxylation is 1. The van der Waals surface area contributed by atoms with Crippen molar-refractivity contribution < 1.29 is 17.4 Å². The zero-order valence-electron chi connectivity index (χ0n) is 19.1. The molecule has 4 fully saturated rings. The average molecular weight is 445 g/mol. The molecule has 5 rings (SSSR count). The molecule has 0 saturated heterocycles. The van der Waals surface area contributed by atoms with Crippen LogP contribution in [0.2, 0.25) is 0 Å². The van der Waals surface area contributed by atoms with E-state index in [1.807, 2.05) is 19.1 Å². The van der Waals surface area contributed by atoms with E-state index in [1.54, 1.807) is 12.1 Å². The first-order valence-corrected chi connectivity index (χ1v) is 13.6. The summed E-state index contributed by atoms with van der Waals surface area (Å²) in [6.07, 6.45) is 8.85. The SMILES string of the molecule is Cc1ccc(S(=O)(=O)O[C@@H]2CC[C@@]3(C)[C@@H](CC[C@H]4[C@H]3CC[C@@]3(C)C(=O)CC[C@H]43)C2)cc1. The van der Waals surface area contributed by atoms with Crippen molar-refractivity contribution in [2.45, 2.75) is 89.6 Å². The first kappa shape index (κ1) is 21.6. The molecule has 170 valence electrons. The Kier molecular flexibility index (Phi) is 5.17. The molecular weight excluding hydrogens is 408 g/mol. The van der Waals surface area contributed by atoms with Gasteiger partial charge in [0.2, 0.25) is 0 Å². The van der Waals surface area contributed by atoms with Crippen molar-refractivity contribution in [2.75, 3.05) is 0 Å². The fourth-order valence-corrected chi connectivity index (χ4v) is 9.13. The molecule has 1 aromatic rings. The van der Waals surface area contributed by atoms with Crippen LogP contribution in [0, 0.1) is 41.4 Å². The van der Waals surface area contributed by atoms with Gasteiger partial charge in [-0.05, 0) is 99.5 Å². The van der Waals surface area contributed by atoms with Gasteiger partial charge in [0.25, 0.3) is 10.1 Å². The Bertz CT molecular complexity index is 968. The Hall–Kier alpha value is -1.20. The lowest BCUT2D eigenvalue weighted by atomic mass is 9.45. The van der Waals surface area contributed by atoms with E-state index in [2.05, 4.69) is 13.8 Å². The van der Waals surface area contributed by atoms with E-state index in [0.717, 1.165) is 56.9 Å². The predicted octanol–water partition coefficient (Wildman–Crippen LogP) is 5.68. The highest BCUT2D eigenvalue weighted by Crippen LogP contribution is 2.65. The minimum Gasteiger partial charge on any atom is -0.299 e. The monoisotopic (exact) mass is 444 g/mol. The van der Waals surface area contributed by atoms with Crippen LogP contribution in [-0.2, 0) is 19.1 Å². The molecule has 1 aromatic carbocycles. The van der Waals surface area contributed by atoms with E-state index in [-0.39, 0.29) is 21.8 Å². The third-order valence-electron chi connectivity index (χ3n) is 9.90. The molecule has 0 unspecified atom stereocenters. The minimum absolute atomic E-state index is 0.0766. The molecule has 4 nitrogen and oxygen atoms in total. The standard InChI is InChI=1S/C26H36O4S/c1-17-4-7-20(8-5-17)31(28,29)30-19-12-14-25(2)18(16-19)6-9-21-22-10-11-24(27)26(22,3)15-13-23(21)25/h4-5,7-8,18-19,21-23H,6,9-16H2,1-3H3/t18-,19+,21+,22+,23+,25-,26+/m0/s1. The zero-order chi connectivity index (χ0) is 22.0. The first-order chi connectivity index (χ1) is 14.6. The van der Waals surface area contributed by atoms with Gasteiger partial charge in [-0.15, -0.1) is 0 Å². The van der Waals surface area contributed by atoms with Crippen LogP contribution in [0.1, 0.15) is 77.2 Å². The summed E-state index contributed by atoms with van der Waals surface area (Å²) in [5, 5.41) is 0. The number of fused-ring (bicyclic) bond motifs is 5. The minimum atomic E-state index is -3.72. The van der Waals surface area contributed by atoms with Gasteiger partial charge in [0.1, 0.15) is 5.78 Å². The molecule has 0 aliphatic heterocycles. The predicted molar refractivity (Wildman–Crippen MR) is 120 cm³/mol. The summed E-state index contributed by atoms with van der Waals surface area (Å²) in [6, 6.07) is 6.93. The van der Waals surface area contributed by atoms with Gasteiger partial charge in [0.15, 0.2) is 0 Å². The molecule has 7 atom stereocenters. The normalized spacial score (nSPS) is 42.5. The van der Waals surface area contributed by atoms with Gasteiger partial charge in [-0.25, -0.2) is 0 Å². The van der Waals surface area contributed by atoms with Crippen molar-refractivity contribution in [1.82, 2.24) is 0 Å². The van der Waals surface area contributed by atoms with E-state index in [1.165, 1.54) is 6.42 Å². The Morgan fingerprint density at radius 3 is 2.42 bits per heavy atom. The smallest absolute Gasteiger partial charge is 0.297 e. The van der Waals surface area contributed by atoms with E-state index < -0.39 is 10.1 Å². The van der Waals surface area contributed by atoms with Crippen molar-refractivity contribution in [1.29, 1.82) is 0 Å². The largest absolute Gasteiger partial charge is 0.299 e. The average Bonchev–Trinajstić information content (AvgIpc) is 3.03. The summed E-state index contributed by atoms with van der Waals surface area (Å²) in [7, 11) is -3.72. The van der Waals surface area contributed by atoms with E-state index in [4.69, 9.17) is 4.18 Å². The molecule has 0 N–H and O–H groups in total. The molecule has 31 heavy (non-hydrogen) atoms. The molecule has 0 radical (unpaired) electrons. The maximum atomic E-state index is 12.8. The van der Waals surface area contributed by atoms with Crippen LogP contribution in [0.4, 0.5) is 0 Å².